The second kappa shape index (κ2) is 12.3. The molecule has 206 valence electrons. The quantitative estimate of drug-likeness (QED) is 0.280. The van der Waals surface area contributed by atoms with Crippen molar-refractivity contribution in [1.29, 1.82) is 0 Å². The molecular weight excluding hydrogens is 548 g/mol. The molecule has 5 rings (SSSR count). The van der Waals surface area contributed by atoms with Crippen molar-refractivity contribution >= 4 is 40.6 Å². The average Bonchev–Trinajstić information content (AvgIpc) is 3.75. The molecule has 0 radical (unpaired) electrons. The Hall–Kier alpha value is -4.16. The van der Waals surface area contributed by atoms with Crippen molar-refractivity contribution in [2.45, 2.75) is 24.2 Å². The summed E-state index contributed by atoms with van der Waals surface area (Å²) in [6, 6.07) is 18.4. The van der Waals surface area contributed by atoms with Crippen LogP contribution in [0.15, 0.2) is 76.3 Å². The SMILES string of the molecule is COc1ccc(C2CC(c3cccs3)=NN2C(=O)CSc2nnc(CNC(=O)c3cccc(OC)c3)n2C)cc1. The fourth-order valence-corrected chi connectivity index (χ4v) is 5.76. The van der Waals surface area contributed by atoms with Crippen LogP contribution in [0.4, 0.5) is 0 Å². The molecule has 10 nitrogen and oxygen atoms in total. The Morgan fingerprint density at radius 1 is 1.05 bits per heavy atom. The van der Waals surface area contributed by atoms with Gasteiger partial charge >= 0.3 is 0 Å². The number of thioether (sulfide) groups is 1. The Bertz CT molecular complexity index is 1520. The van der Waals surface area contributed by atoms with E-state index in [4.69, 9.17) is 14.6 Å². The third-order valence-electron chi connectivity index (χ3n) is 6.46. The van der Waals surface area contributed by atoms with Gasteiger partial charge in [0.15, 0.2) is 11.0 Å². The summed E-state index contributed by atoms with van der Waals surface area (Å²) in [5, 5.41) is 20.2. The van der Waals surface area contributed by atoms with Gasteiger partial charge in [-0.15, -0.1) is 21.5 Å². The molecule has 4 aromatic rings. The van der Waals surface area contributed by atoms with E-state index in [1.165, 1.54) is 11.8 Å². The summed E-state index contributed by atoms with van der Waals surface area (Å²) in [5.41, 5.74) is 2.37. The standard InChI is InChI=1S/C28H28N6O4S2/c1-33-25(16-29-27(36)19-6-4-7-21(14-19)38-3)30-31-28(33)40-17-26(35)34-23(18-9-11-20(37-2)12-10-18)15-22(32-34)24-8-5-13-39-24/h4-14,23H,15-17H2,1-3H3,(H,29,36). The van der Waals surface area contributed by atoms with Gasteiger partial charge in [-0.05, 0) is 47.3 Å². The third-order valence-corrected chi connectivity index (χ3v) is 8.38. The van der Waals surface area contributed by atoms with Gasteiger partial charge in [0, 0.05) is 19.0 Å². The van der Waals surface area contributed by atoms with Gasteiger partial charge in [0.2, 0.25) is 0 Å². The van der Waals surface area contributed by atoms with Gasteiger partial charge in [-0.3, -0.25) is 9.59 Å². The van der Waals surface area contributed by atoms with E-state index in [0.717, 1.165) is 21.9 Å². The summed E-state index contributed by atoms with van der Waals surface area (Å²) in [7, 11) is 4.99. The Labute approximate surface area is 240 Å². The maximum Gasteiger partial charge on any atom is 0.253 e. The minimum absolute atomic E-state index is 0.131. The highest BCUT2D eigenvalue weighted by molar-refractivity contribution is 7.99. The summed E-state index contributed by atoms with van der Waals surface area (Å²) in [4.78, 5) is 27.0. The molecule has 0 aliphatic carbocycles. The zero-order valence-corrected chi connectivity index (χ0v) is 23.9. The number of amides is 2. The zero-order chi connectivity index (χ0) is 28.1. The summed E-state index contributed by atoms with van der Waals surface area (Å²) in [6.45, 7) is 0.189. The average molecular weight is 577 g/mol. The van der Waals surface area contributed by atoms with E-state index in [-0.39, 0.29) is 30.2 Å². The van der Waals surface area contributed by atoms with Crippen LogP contribution in [0.3, 0.4) is 0 Å². The number of rotatable bonds is 10. The molecule has 0 saturated carbocycles. The van der Waals surface area contributed by atoms with Crippen LogP contribution in [0.5, 0.6) is 11.5 Å². The summed E-state index contributed by atoms with van der Waals surface area (Å²) < 4.78 is 12.3. The topological polar surface area (TPSA) is 111 Å². The predicted octanol–water partition coefficient (Wildman–Crippen LogP) is 4.29. The molecule has 2 amide bonds. The van der Waals surface area contributed by atoms with Crippen molar-refractivity contribution in [3.8, 4) is 11.5 Å². The first-order valence-corrected chi connectivity index (χ1v) is 14.3. The molecule has 3 heterocycles. The molecule has 40 heavy (non-hydrogen) atoms. The monoisotopic (exact) mass is 576 g/mol. The molecule has 1 unspecified atom stereocenters. The smallest absolute Gasteiger partial charge is 0.253 e. The van der Waals surface area contributed by atoms with Gasteiger partial charge in [-0.1, -0.05) is 36.0 Å². The number of hydrazone groups is 1. The van der Waals surface area contributed by atoms with E-state index in [0.29, 0.717) is 28.7 Å². The molecule has 2 aromatic heterocycles. The van der Waals surface area contributed by atoms with Gasteiger partial charge in [-0.25, -0.2) is 5.01 Å². The highest BCUT2D eigenvalue weighted by Gasteiger charge is 2.33. The molecule has 0 fully saturated rings. The number of benzene rings is 2. The maximum absolute atomic E-state index is 13.4. The second-order valence-electron chi connectivity index (χ2n) is 8.92. The summed E-state index contributed by atoms with van der Waals surface area (Å²) >= 11 is 2.89. The molecule has 0 bridgehead atoms. The minimum atomic E-state index is -0.246. The van der Waals surface area contributed by atoms with E-state index in [2.05, 4.69) is 15.5 Å². The Kier molecular flexibility index (Phi) is 8.46. The Morgan fingerprint density at radius 3 is 2.58 bits per heavy atom. The van der Waals surface area contributed by atoms with Crippen molar-refractivity contribution in [3.05, 3.63) is 87.9 Å². The number of nitrogens with one attached hydrogen (secondary N) is 1. The van der Waals surface area contributed by atoms with Crippen LogP contribution in [0.2, 0.25) is 0 Å². The molecule has 2 aromatic carbocycles. The van der Waals surface area contributed by atoms with Crippen LogP contribution in [-0.4, -0.2) is 57.3 Å². The van der Waals surface area contributed by atoms with Crippen LogP contribution < -0.4 is 14.8 Å². The molecule has 0 saturated heterocycles. The van der Waals surface area contributed by atoms with Crippen LogP contribution in [0, 0.1) is 0 Å². The van der Waals surface area contributed by atoms with E-state index in [1.54, 1.807) is 59.4 Å². The van der Waals surface area contributed by atoms with Gasteiger partial charge in [0.25, 0.3) is 11.8 Å². The van der Waals surface area contributed by atoms with Crippen LogP contribution in [0.1, 0.15) is 39.1 Å². The molecule has 0 spiro atoms. The minimum Gasteiger partial charge on any atom is -0.497 e. The number of hydrogen-bond donors (Lipinski definition) is 1. The summed E-state index contributed by atoms with van der Waals surface area (Å²) in [5.74, 6) is 1.69. The van der Waals surface area contributed by atoms with E-state index in [1.807, 2.05) is 48.8 Å². The molecule has 1 N–H and O–H groups in total. The first kappa shape index (κ1) is 27.4. The van der Waals surface area contributed by atoms with Gasteiger partial charge < -0.3 is 19.4 Å². The van der Waals surface area contributed by atoms with Gasteiger partial charge in [0.05, 0.1) is 43.1 Å². The highest BCUT2D eigenvalue weighted by Crippen LogP contribution is 2.35. The van der Waals surface area contributed by atoms with Gasteiger partial charge in [-0.2, -0.15) is 5.10 Å². The number of aromatic nitrogens is 3. The molecular formula is C28H28N6O4S2. The van der Waals surface area contributed by atoms with E-state index in [9.17, 15) is 9.59 Å². The Morgan fingerprint density at radius 2 is 1.85 bits per heavy atom. The third kappa shape index (κ3) is 6.02. The first-order valence-electron chi connectivity index (χ1n) is 12.5. The number of ether oxygens (including phenoxy) is 2. The lowest BCUT2D eigenvalue weighted by Crippen LogP contribution is -2.28. The van der Waals surface area contributed by atoms with Crippen molar-refractivity contribution in [2.24, 2.45) is 12.1 Å². The van der Waals surface area contributed by atoms with Crippen LogP contribution in [-0.2, 0) is 18.4 Å². The number of methoxy groups -OCH3 is 2. The lowest BCUT2D eigenvalue weighted by Gasteiger charge is -2.22. The number of hydrogen-bond acceptors (Lipinski definition) is 9. The number of nitrogens with zero attached hydrogens (tertiary/aromatic N) is 5. The molecule has 1 atom stereocenters. The fourth-order valence-electron chi connectivity index (χ4n) is 4.26. The van der Waals surface area contributed by atoms with Crippen LogP contribution >= 0.6 is 23.1 Å². The fraction of sp³-hybridized carbons (Fsp3) is 0.250. The predicted molar refractivity (Wildman–Crippen MR) is 154 cm³/mol. The van der Waals surface area contributed by atoms with Crippen molar-refractivity contribution in [1.82, 2.24) is 25.1 Å². The lowest BCUT2D eigenvalue weighted by molar-refractivity contribution is -0.130. The van der Waals surface area contributed by atoms with E-state index >= 15 is 0 Å². The molecule has 12 heteroatoms. The van der Waals surface area contributed by atoms with Crippen molar-refractivity contribution < 1.29 is 19.1 Å². The van der Waals surface area contributed by atoms with Crippen molar-refractivity contribution in [3.63, 3.8) is 0 Å². The highest BCUT2D eigenvalue weighted by atomic mass is 32.2. The number of carbonyl (C=O) groups is 2. The molecule has 1 aliphatic rings. The van der Waals surface area contributed by atoms with E-state index < -0.39 is 0 Å². The van der Waals surface area contributed by atoms with Crippen LogP contribution in [0.25, 0.3) is 0 Å². The molecule has 1 aliphatic heterocycles. The second-order valence-corrected chi connectivity index (χ2v) is 10.8. The first-order chi connectivity index (χ1) is 19.5. The van der Waals surface area contributed by atoms with Crippen molar-refractivity contribution in [2.75, 3.05) is 20.0 Å². The zero-order valence-electron chi connectivity index (χ0n) is 22.2. The normalized spacial score (nSPS) is 14.6. The number of thiophene rings is 1. The maximum atomic E-state index is 13.4. The number of carbonyl (C=O) groups excluding carboxylic acids is 2. The Balaban J connectivity index is 1.24. The lowest BCUT2D eigenvalue weighted by atomic mass is 10.0. The van der Waals surface area contributed by atoms with Gasteiger partial charge in [0.1, 0.15) is 11.5 Å². The summed E-state index contributed by atoms with van der Waals surface area (Å²) in [6.07, 6.45) is 0.629. The largest absolute Gasteiger partial charge is 0.497 e.